The fourth-order valence-corrected chi connectivity index (χ4v) is 3.40. The summed E-state index contributed by atoms with van der Waals surface area (Å²) < 4.78 is 26.9. The first kappa shape index (κ1) is 15.2. The second-order valence-electron chi connectivity index (χ2n) is 5.29. The van der Waals surface area contributed by atoms with E-state index in [1.165, 1.54) is 31.4 Å². The molecule has 20 heavy (non-hydrogen) atoms. The summed E-state index contributed by atoms with van der Waals surface area (Å²) in [4.78, 5) is 11.8. The van der Waals surface area contributed by atoms with Gasteiger partial charge >= 0.3 is 0 Å². The first-order valence-electron chi connectivity index (χ1n) is 7.16. The number of Topliss-reactive ketones (excluding diaryl/α,β-unsaturated/α-hetero) is 1. The molecular formula is C15H21NO3S. The van der Waals surface area contributed by atoms with E-state index < -0.39 is 10.0 Å². The van der Waals surface area contributed by atoms with Crippen LogP contribution in [0.3, 0.4) is 0 Å². The van der Waals surface area contributed by atoms with E-state index in [-0.39, 0.29) is 10.7 Å². The number of hydrogen-bond donors (Lipinski definition) is 1. The molecule has 5 heteroatoms. The Balaban J connectivity index is 2.02. The van der Waals surface area contributed by atoms with Gasteiger partial charge in [0.25, 0.3) is 0 Å². The number of benzene rings is 1. The SMILES string of the molecule is CCC(=O)c1cccc(S(=O)(=O)NCCC2CCC2)c1. The lowest BCUT2D eigenvalue weighted by Gasteiger charge is -2.25. The third-order valence-electron chi connectivity index (χ3n) is 3.86. The van der Waals surface area contributed by atoms with Gasteiger partial charge in [-0.05, 0) is 24.5 Å². The maximum atomic E-state index is 12.2. The molecule has 110 valence electrons. The molecule has 0 atom stereocenters. The Bertz CT molecular complexity index is 577. The van der Waals surface area contributed by atoms with Gasteiger partial charge in [0, 0.05) is 18.5 Å². The second kappa shape index (κ2) is 6.50. The molecule has 1 aromatic rings. The van der Waals surface area contributed by atoms with Gasteiger partial charge in [0.15, 0.2) is 5.78 Å². The molecule has 0 saturated heterocycles. The summed E-state index contributed by atoms with van der Waals surface area (Å²) in [6, 6.07) is 6.25. The van der Waals surface area contributed by atoms with E-state index in [9.17, 15) is 13.2 Å². The molecule has 1 aliphatic rings. The highest BCUT2D eigenvalue weighted by Crippen LogP contribution is 2.28. The number of ketones is 1. The van der Waals surface area contributed by atoms with Gasteiger partial charge in [0.05, 0.1) is 4.90 Å². The Morgan fingerprint density at radius 1 is 1.35 bits per heavy atom. The minimum atomic E-state index is -3.51. The third kappa shape index (κ3) is 3.67. The van der Waals surface area contributed by atoms with Crippen LogP contribution in [0.2, 0.25) is 0 Å². The van der Waals surface area contributed by atoms with Gasteiger partial charge in [0.2, 0.25) is 10.0 Å². The first-order valence-corrected chi connectivity index (χ1v) is 8.64. The van der Waals surface area contributed by atoms with Crippen LogP contribution in [0, 0.1) is 5.92 Å². The first-order chi connectivity index (χ1) is 9.53. The highest BCUT2D eigenvalue weighted by Gasteiger charge is 2.19. The van der Waals surface area contributed by atoms with E-state index in [1.807, 2.05) is 0 Å². The van der Waals surface area contributed by atoms with Crippen LogP contribution in [-0.4, -0.2) is 20.7 Å². The summed E-state index contributed by atoms with van der Waals surface area (Å²) in [6.07, 6.45) is 4.95. The Morgan fingerprint density at radius 3 is 2.70 bits per heavy atom. The summed E-state index contributed by atoms with van der Waals surface area (Å²) in [6.45, 7) is 2.24. The monoisotopic (exact) mass is 295 g/mol. The van der Waals surface area contributed by atoms with Crippen molar-refractivity contribution in [1.82, 2.24) is 4.72 Å². The lowest BCUT2D eigenvalue weighted by Crippen LogP contribution is -2.27. The number of carbonyl (C=O) groups excluding carboxylic acids is 1. The van der Waals surface area contributed by atoms with Crippen LogP contribution in [0.1, 0.15) is 49.4 Å². The van der Waals surface area contributed by atoms with Crippen LogP contribution in [0.5, 0.6) is 0 Å². The predicted octanol–water partition coefficient (Wildman–Crippen LogP) is 2.75. The van der Waals surface area contributed by atoms with Crippen molar-refractivity contribution in [3.05, 3.63) is 29.8 Å². The van der Waals surface area contributed by atoms with E-state index in [1.54, 1.807) is 19.1 Å². The summed E-state index contributed by atoms with van der Waals surface area (Å²) in [5.41, 5.74) is 0.453. The number of carbonyl (C=O) groups is 1. The molecule has 0 spiro atoms. The maximum absolute atomic E-state index is 12.2. The number of rotatable bonds is 7. The predicted molar refractivity (Wildman–Crippen MR) is 78.2 cm³/mol. The van der Waals surface area contributed by atoms with E-state index >= 15 is 0 Å². The molecule has 1 N–H and O–H groups in total. The quantitative estimate of drug-likeness (QED) is 0.787. The number of nitrogens with one attached hydrogen (secondary N) is 1. The van der Waals surface area contributed by atoms with E-state index in [4.69, 9.17) is 0 Å². The Kier molecular flexibility index (Phi) is 4.94. The van der Waals surface area contributed by atoms with Gasteiger partial charge in [-0.1, -0.05) is 38.3 Å². The van der Waals surface area contributed by atoms with E-state index in [2.05, 4.69) is 4.72 Å². The fraction of sp³-hybridized carbons (Fsp3) is 0.533. The number of hydrogen-bond acceptors (Lipinski definition) is 3. The molecule has 0 radical (unpaired) electrons. The maximum Gasteiger partial charge on any atom is 0.240 e. The highest BCUT2D eigenvalue weighted by atomic mass is 32.2. The standard InChI is InChI=1S/C15H21NO3S/c1-2-15(17)13-7-4-8-14(11-13)20(18,19)16-10-9-12-5-3-6-12/h4,7-8,11-12,16H,2-3,5-6,9-10H2,1H3. The molecule has 1 aromatic carbocycles. The van der Waals surface area contributed by atoms with Gasteiger partial charge in [-0.2, -0.15) is 0 Å². The molecule has 0 heterocycles. The Morgan fingerprint density at radius 2 is 2.10 bits per heavy atom. The summed E-state index contributed by atoms with van der Waals surface area (Å²) in [5.74, 6) is 0.627. The zero-order valence-corrected chi connectivity index (χ0v) is 12.6. The molecule has 0 unspecified atom stereocenters. The minimum absolute atomic E-state index is 0.0449. The molecule has 0 aliphatic heterocycles. The van der Waals surface area contributed by atoms with E-state index in [0.29, 0.717) is 24.4 Å². The van der Waals surface area contributed by atoms with E-state index in [0.717, 1.165) is 6.42 Å². The van der Waals surface area contributed by atoms with Crippen molar-refractivity contribution in [2.45, 2.75) is 43.9 Å². The summed E-state index contributed by atoms with van der Waals surface area (Å²) >= 11 is 0. The largest absolute Gasteiger partial charge is 0.294 e. The normalized spacial score (nSPS) is 15.8. The van der Waals surface area contributed by atoms with Gasteiger partial charge in [0.1, 0.15) is 0 Å². The zero-order valence-electron chi connectivity index (χ0n) is 11.8. The average Bonchev–Trinajstić information content (AvgIpc) is 2.41. The number of sulfonamides is 1. The average molecular weight is 295 g/mol. The van der Waals surface area contributed by atoms with Gasteiger partial charge < -0.3 is 0 Å². The fourth-order valence-electron chi connectivity index (χ4n) is 2.30. The van der Waals surface area contributed by atoms with Crippen LogP contribution in [-0.2, 0) is 10.0 Å². The molecule has 1 aliphatic carbocycles. The van der Waals surface area contributed by atoms with Crippen molar-refractivity contribution in [1.29, 1.82) is 0 Å². The smallest absolute Gasteiger partial charge is 0.240 e. The van der Waals surface area contributed by atoms with Crippen molar-refractivity contribution in [2.75, 3.05) is 6.54 Å². The molecule has 1 saturated carbocycles. The van der Waals surface area contributed by atoms with Crippen molar-refractivity contribution < 1.29 is 13.2 Å². The van der Waals surface area contributed by atoms with Crippen LogP contribution >= 0.6 is 0 Å². The second-order valence-corrected chi connectivity index (χ2v) is 7.05. The van der Waals surface area contributed by atoms with Crippen LogP contribution < -0.4 is 4.72 Å². The van der Waals surface area contributed by atoms with Gasteiger partial charge in [-0.15, -0.1) is 0 Å². The third-order valence-corrected chi connectivity index (χ3v) is 5.32. The van der Waals surface area contributed by atoms with Crippen LogP contribution in [0.25, 0.3) is 0 Å². The summed E-state index contributed by atoms with van der Waals surface area (Å²) in [7, 11) is -3.51. The zero-order chi connectivity index (χ0) is 14.6. The lowest BCUT2D eigenvalue weighted by molar-refractivity contribution is 0.0988. The highest BCUT2D eigenvalue weighted by molar-refractivity contribution is 7.89. The Labute approximate surface area is 120 Å². The van der Waals surface area contributed by atoms with Crippen molar-refractivity contribution in [2.24, 2.45) is 5.92 Å². The topological polar surface area (TPSA) is 63.2 Å². The summed E-state index contributed by atoms with van der Waals surface area (Å²) in [5, 5.41) is 0. The molecule has 1 fully saturated rings. The van der Waals surface area contributed by atoms with Gasteiger partial charge in [-0.25, -0.2) is 13.1 Å². The Hall–Kier alpha value is -1.20. The van der Waals surface area contributed by atoms with Crippen molar-refractivity contribution in [3.63, 3.8) is 0 Å². The molecule has 4 nitrogen and oxygen atoms in total. The molecule has 2 rings (SSSR count). The molecular weight excluding hydrogens is 274 g/mol. The van der Waals surface area contributed by atoms with Crippen LogP contribution in [0.4, 0.5) is 0 Å². The van der Waals surface area contributed by atoms with Crippen LogP contribution in [0.15, 0.2) is 29.2 Å². The molecule has 0 bridgehead atoms. The molecule has 0 aromatic heterocycles. The van der Waals surface area contributed by atoms with Crippen molar-refractivity contribution >= 4 is 15.8 Å². The minimum Gasteiger partial charge on any atom is -0.294 e. The van der Waals surface area contributed by atoms with Gasteiger partial charge in [-0.3, -0.25) is 4.79 Å². The molecule has 0 amide bonds. The lowest BCUT2D eigenvalue weighted by atomic mass is 9.83. The van der Waals surface area contributed by atoms with Crippen molar-refractivity contribution in [3.8, 4) is 0 Å².